The quantitative estimate of drug-likeness (QED) is 0.728. The summed E-state index contributed by atoms with van der Waals surface area (Å²) in [7, 11) is 2.09. The Balaban J connectivity index is 2.57. The normalized spacial score (nSPS) is 13.7. The Labute approximate surface area is 96.9 Å². The van der Waals surface area contributed by atoms with E-state index in [0.717, 1.165) is 18.8 Å². The van der Waals surface area contributed by atoms with Crippen LogP contribution >= 0.6 is 0 Å². The number of aromatic nitrogens is 2. The molecule has 1 unspecified atom stereocenters. The Bertz CT molecular complexity index is 311. The molecule has 1 aromatic heterocycles. The van der Waals surface area contributed by atoms with Crippen LogP contribution in [0.2, 0.25) is 0 Å². The zero-order valence-corrected chi connectivity index (χ0v) is 10.3. The van der Waals surface area contributed by atoms with Gasteiger partial charge in [0.25, 0.3) is 0 Å². The first-order valence-corrected chi connectivity index (χ1v) is 5.63. The lowest BCUT2D eigenvalue weighted by atomic mass is 10.2. The lowest BCUT2D eigenvalue weighted by Crippen LogP contribution is -2.30. The molecule has 0 aliphatic rings. The fourth-order valence-electron chi connectivity index (χ4n) is 1.44. The second-order valence-electron chi connectivity index (χ2n) is 4.38. The van der Waals surface area contributed by atoms with Gasteiger partial charge in [-0.1, -0.05) is 0 Å². The zero-order valence-electron chi connectivity index (χ0n) is 10.3. The van der Waals surface area contributed by atoms with Crippen molar-refractivity contribution in [2.75, 3.05) is 20.2 Å². The molecule has 5 heteroatoms. The summed E-state index contributed by atoms with van der Waals surface area (Å²) < 4.78 is 2.00. The van der Waals surface area contributed by atoms with Crippen LogP contribution in [-0.2, 0) is 6.54 Å². The number of aliphatic hydroxyl groups excluding tert-OH is 1. The van der Waals surface area contributed by atoms with Crippen LogP contribution in [-0.4, -0.2) is 45.8 Å². The number of likely N-dealkylation sites (N-methyl/N-ethyl adjacent to an activating group) is 1. The number of hydrogen-bond acceptors (Lipinski definition) is 4. The van der Waals surface area contributed by atoms with Crippen LogP contribution in [0.5, 0.6) is 0 Å². The lowest BCUT2D eigenvalue weighted by Gasteiger charge is -2.22. The van der Waals surface area contributed by atoms with Crippen molar-refractivity contribution in [3.63, 3.8) is 0 Å². The van der Waals surface area contributed by atoms with Crippen LogP contribution in [0.1, 0.15) is 25.6 Å². The summed E-state index contributed by atoms with van der Waals surface area (Å²) in [5, 5.41) is 9.02. The van der Waals surface area contributed by atoms with Gasteiger partial charge in [-0.05, 0) is 20.9 Å². The van der Waals surface area contributed by atoms with E-state index >= 15 is 0 Å². The van der Waals surface area contributed by atoms with Crippen molar-refractivity contribution in [1.82, 2.24) is 14.5 Å². The lowest BCUT2D eigenvalue weighted by molar-refractivity contribution is 0.250. The highest BCUT2D eigenvalue weighted by molar-refractivity contribution is 5.04. The second kappa shape index (κ2) is 5.98. The first kappa shape index (κ1) is 13.2. The van der Waals surface area contributed by atoms with Gasteiger partial charge >= 0.3 is 0 Å². The topological polar surface area (TPSA) is 67.3 Å². The zero-order chi connectivity index (χ0) is 12.1. The molecule has 0 radical (unpaired) electrons. The van der Waals surface area contributed by atoms with E-state index in [2.05, 4.69) is 30.8 Å². The summed E-state index contributed by atoms with van der Waals surface area (Å²) in [6.45, 7) is 6.06. The van der Waals surface area contributed by atoms with Crippen LogP contribution in [0.25, 0.3) is 0 Å². The maximum atomic E-state index is 9.02. The number of rotatable bonds is 6. The number of nitrogens with zero attached hydrogens (tertiary/aromatic N) is 3. The van der Waals surface area contributed by atoms with E-state index < -0.39 is 0 Å². The van der Waals surface area contributed by atoms with Gasteiger partial charge in [-0.25, -0.2) is 4.98 Å². The van der Waals surface area contributed by atoms with Crippen molar-refractivity contribution in [3.05, 3.63) is 18.2 Å². The van der Waals surface area contributed by atoms with Crippen molar-refractivity contribution < 1.29 is 5.11 Å². The Morgan fingerprint density at radius 3 is 2.81 bits per heavy atom. The monoisotopic (exact) mass is 226 g/mol. The average molecular weight is 226 g/mol. The summed E-state index contributed by atoms with van der Waals surface area (Å²) in [6.07, 6.45) is 3.48. The number of aliphatic hydroxyl groups is 1. The molecule has 0 aromatic carbocycles. The molecule has 5 nitrogen and oxygen atoms in total. The van der Waals surface area contributed by atoms with Crippen LogP contribution < -0.4 is 5.73 Å². The summed E-state index contributed by atoms with van der Waals surface area (Å²) >= 11 is 0. The third-order valence-corrected chi connectivity index (χ3v) is 2.90. The molecule has 1 rings (SSSR count). The van der Waals surface area contributed by atoms with E-state index in [1.54, 1.807) is 12.5 Å². The molecule has 0 spiro atoms. The van der Waals surface area contributed by atoms with E-state index in [0.29, 0.717) is 6.04 Å². The number of nitrogens with two attached hydrogens (primary N) is 1. The maximum absolute atomic E-state index is 9.02. The fraction of sp³-hybridized carbons (Fsp3) is 0.727. The molecule has 0 saturated heterocycles. The smallest absolute Gasteiger partial charge is 0.0949 e. The van der Waals surface area contributed by atoms with Gasteiger partial charge in [0.15, 0.2) is 0 Å². The van der Waals surface area contributed by atoms with E-state index in [1.165, 1.54) is 0 Å². The Hall–Kier alpha value is -0.910. The molecule has 3 N–H and O–H groups in total. The second-order valence-corrected chi connectivity index (χ2v) is 4.38. The van der Waals surface area contributed by atoms with Gasteiger partial charge < -0.3 is 20.3 Å². The fourth-order valence-corrected chi connectivity index (χ4v) is 1.44. The number of hydrogen-bond donors (Lipinski definition) is 2. The minimum atomic E-state index is -0.341. The van der Waals surface area contributed by atoms with Crippen molar-refractivity contribution in [2.45, 2.75) is 32.5 Å². The minimum Gasteiger partial charge on any atom is -0.394 e. The Kier molecular flexibility index (Phi) is 4.92. The standard InChI is InChI=1S/C11H22N4O/c1-9(2)14(3)4-5-15-8-13-6-11(15)10(12)7-16/h6,8-10,16H,4-5,7,12H2,1-3H3. The van der Waals surface area contributed by atoms with E-state index in [-0.39, 0.29) is 12.6 Å². The first-order chi connectivity index (χ1) is 7.56. The maximum Gasteiger partial charge on any atom is 0.0949 e. The SMILES string of the molecule is CC(C)N(C)CCn1cncc1C(N)CO. The predicted octanol–water partition coefficient (Wildman–Crippen LogP) is 0.215. The van der Waals surface area contributed by atoms with Gasteiger partial charge in [0.2, 0.25) is 0 Å². The highest BCUT2D eigenvalue weighted by Crippen LogP contribution is 2.09. The van der Waals surface area contributed by atoms with E-state index in [1.807, 2.05) is 4.57 Å². The molecule has 1 heterocycles. The first-order valence-electron chi connectivity index (χ1n) is 5.63. The van der Waals surface area contributed by atoms with Crippen molar-refractivity contribution >= 4 is 0 Å². The highest BCUT2D eigenvalue weighted by Gasteiger charge is 2.11. The van der Waals surface area contributed by atoms with Crippen LogP contribution in [0.15, 0.2) is 12.5 Å². The molecule has 0 saturated carbocycles. The van der Waals surface area contributed by atoms with E-state index in [4.69, 9.17) is 10.8 Å². The van der Waals surface area contributed by atoms with Crippen molar-refractivity contribution in [1.29, 1.82) is 0 Å². The molecular weight excluding hydrogens is 204 g/mol. The molecule has 0 amide bonds. The summed E-state index contributed by atoms with van der Waals surface area (Å²) in [4.78, 5) is 6.33. The Morgan fingerprint density at radius 1 is 1.56 bits per heavy atom. The van der Waals surface area contributed by atoms with Crippen LogP contribution in [0.4, 0.5) is 0 Å². The summed E-state index contributed by atoms with van der Waals surface area (Å²) in [5.41, 5.74) is 6.67. The molecule has 0 fully saturated rings. The van der Waals surface area contributed by atoms with Crippen LogP contribution in [0.3, 0.4) is 0 Å². The van der Waals surface area contributed by atoms with Crippen LogP contribution in [0, 0.1) is 0 Å². The summed E-state index contributed by atoms with van der Waals surface area (Å²) in [6, 6.07) is 0.186. The molecule has 0 aliphatic carbocycles. The average Bonchev–Trinajstić information content (AvgIpc) is 2.72. The van der Waals surface area contributed by atoms with Gasteiger partial charge in [-0.3, -0.25) is 0 Å². The van der Waals surface area contributed by atoms with Gasteiger partial charge in [-0.2, -0.15) is 0 Å². The molecule has 0 aliphatic heterocycles. The number of imidazole rings is 1. The molecule has 16 heavy (non-hydrogen) atoms. The summed E-state index contributed by atoms with van der Waals surface area (Å²) in [5.74, 6) is 0. The van der Waals surface area contributed by atoms with Gasteiger partial charge in [0.1, 0.15) is 0 Å². The van der Waals surface area contributed by atoms with Crippen molar-refractivity contribution in [2.24, 2.45) is 5.73 Å². The Morgan fingerprint density at radius 2 is 2.25 bits per heavy atom. The molecule has 1 atom stereocenters. The largest absolute Gasteiger partial charge is 0.394 e. The predicted molar refractivity (Wildman–Crippen MR) is 64.0 cm³/mol. The van der Waals surface area contributed by atoms with Gasteiger partial charge in [0, 0.05) is 25.3 Å². The molecule has 0 bridgehead atoms. The third kappa shape index (κ3) is 3.30. The highest BCUT2D eigenvalue weighted by atomic mass is 16.3. The molecule has 1 aromatic rings. The molecule has 92 valence electrons. The third-order valence-electron chi connectivity index (χ3n) is 2.90. The van der Waals surface area contributed by atoms with Gasteiger partial charge in [0.05, 0.1) is 24.7 Å². The minimum absolute atomic E-state index is 0.0499. The van der Waals surface area contributed by atoms with Gasteiger partial charge in [-0.15, -0.1) is 0 Å². The van der Waals surface area contributed by atoms with E-state index in [9.17, 15) is 0 Å². The van der Waals surface area contributed by atoms with Crippen molar-refractivity contribution in [3.8, 4) is 0 Å². The molecular formula is C11H22N4O.